The van der Waals surface area contributed by atoms with Gasteiger partial charge in [-0.15, -0.1) is 10.2 Å². The van der Waals surface area contributed by atoms with Crippen molar-refractivity contribution in [3.05, 3.63) is 54.1 Å². The first-order valence-electron chi connectivity index (χ1n) is 10.3. The first kappa shape index (κ1) is 21.1. The van der Waals surface area contributed by atoms with Gasteiger partial charge in [0.2, 0.25) is 11.1 Å². The Hall–Kier alpha value is -3.13. The number of ether oxygens (including phenoxy) is 1. The van der Waals surface area contributed by atoms with Crippen molar-refractivity contribution in [3.63, 3.8) is 0 Å². The molecule has 0 saturated carbocycles. The van der Waals surface area contributed by atoms with Crippen LogP contribution in [0.5, 0.6) is 5.75 Å². The molecule has 1 unspecified atom stereocenters. The number of hydrogen-bond acceptors (Lipinski definition) is 6. The summed E-state index contributed by atoms with van der Waals surface area (Å²) in [5.74, 6) is 1.34. The van der Waals surface area contributed by atoms with E-state index in [0.717, 1.165) is 33.4 Å². The second-order valence-electron chi connectivity index (χ2n) is 7.51. The van der Waals surface area contributed by atoms with Gasteiger partial charge in [0.05, 0.1) is 23.1 Å². The van der Waals surface area contributed by atoms with Crippen LogP contribution in [0.3, 0.4) is 0 Å². The molecule has 1 aliphatic heterocycles. The lowest BCUT2D eigenvalue weighted by Crippen LogP contribution is -2.22. The van der Waals surface area contributed by atoms with Gasteiger partial charge >= 0.3 is 0 Å². The van der Waals surface area contributed by atoms with Crippen molar-refractivity contribution in [1.29, 1.82) is 0 Å². The summed E-state index contributed by atoms with van der Waals surface area (Å²) in [6.07, 6.45) is 0. The van der Waals surface area contributed by atoms with Gasteiger partial charge in [-0.05, 0) is 43.7 Å². The number of hydrogen-bond donors (Lipinski definition) is 1. The molecule has 1 amide bonds. The van der Waals surface area contributed by atoms with E-state index in [1.165, 1.54) is 0 Å². The predicted molar refractivity (Wildman–Crippen MR) is 124 cm³/mol. The molecular weight excluding hydrogens is 410 g/mol. The zero-order valence-corrected chi connectivity index (χ0v) is 18.8. The van der Waals surface area contributed by atoms with Crippen LogP contribution in [-0.4, -0.2) is 38.3 Å². The highest BCUT2D eigenvalue weighted by molar-refractivity contribution is 8.00. The van der Waals surface area contributed by atoms with Gasteiger partial charge < -0.3 is 10.1 Å². The summed E-state index contributed by atoms with van der Waals surface area (Å²) in [5.41, 5.74) is 3.55. The fraction of sp³-hybridized carbons (Fsp3) is 0.304. The van der Waals surface area contributed by atoms with Gasteiger partial charge in [0, 0.05) is 11.6 Å². The Kier molecular flexibility index (Phi) is 6.08. The number of aromatic nitrogens is 3. The average molecular weight is 436 g/mol. The largest absolute Gasteiger partial charge is 0.493 e. The molecule has 0 aliphatic carbocycles. The van der Waals surface area contributed by atoms with E-state index in [1.54, 1.807) is 16.4 Å². The lowest BCUT2D eigenvalue weighted by molar-refractivity contribution is -0.118. The Morgan fingerprint density at radius 3 is 2.61 bits per heavy atom. The average Bonchev–Trinajstić information content (AvgIpc) is 3.17. The molecule has 1 atom stereocenters. The maximum absolute atomic E-state index is 11.9. The molecule has 0 radical (unpaired) electrons. The monoisotopic (exact) mass is 435 g/mol. The van der Waals surface area contributed by atoms with Gasteiger partial charge in [-0.2, -0.15) is 9.78 Å². The van der Waals surface area contributed by atoms with E-state index >= 15 is 0 Å². The summed E-state index contributed by atoms with van der Waals surface area (Å²) in [7, 11) is 0. The van der Waals surface area contributed by atoms with Crippen molar-refractivity contribution < 1.29 is 9.53 Å². The van der Waals surface area contributed by atoms with E-state index in [9.17, 15) is 4.79 Å². The molecule has 1 aliphatic rings. The van der Waals surface area contributed by atoms with Crippen LogP contribution in [0.4, 0.5) is 5.69 Å². The Bertz CT molecular complexity index is 1120. The van der Waals surface area contributed by atoms with Crippen molar-refractivity contribution >= 4 is 29.1 Å². The molecule has 0 bridgehead atoms. The molecule has 4 rings (SSSR count). The molecule has 1 aromatic heterocycles. The SMILES string of the molecule is CCOc1ccccc1-c1nnc2n1N=C(c1ccc(NC(=O)C(C)C)cc1)C(C)S2. The van der Waals surface area contributed by atoms with Crippen LogP contribution < -0.4 is 10.1 Å². The van der Waals surface area contributed by atoms with Crippen LogP contribution in [0.15, 0.2) is 58.8 Å². The zero-order chi connectivity index (χ0) is 22.0. The number of benzene rings is 2. The third-order valence-electron chi connectivity index (χ3n) is 4.89. The fourth-order valence-electron chi connectivity index (χ4n) is 3.24. The summed E-state index contributed by atoms with van der Waals surface area (Å²) in [6, 6.07) is 15.6. The topological polar surface area (TPSA) is 81.4 Å². The summed E-state index contributed by atoms with van der Waals surface area (Å²) in [4.78, 5) is 11.9. The van der Waals surface area contributed by atoms with Crippen molar-refractivity contribution in [2.45, 2.75) is 38.1 Å². The van der Waals surface area contributed by atoms with Gasteiger partial charge in [0.1, 0.15) is 5.75 Å². The van der Waals surface area contributed by atoms with E-state index in [0.29, 0.717) is 12.4 Å². The maximum Gasteiger partial charge on any atom is 0.226 e. The first-order chi connectivity index (χ1) is 15.0. The summed E-state index contributed by atoms with van der Waals surface area (Å²) >= 11 is 1.62. The number of fused-ring (bicyclic) bond motifs is 1. The quantitative estimate of drug-likeness (QED) is 0.608. The molecule has 0 fully saturated rings. The number of nitrogens with zero attached hydrogens (tertiary/aromatic N) is 4. The highest BCUT2D eigenvalue weighted by atomic mass is 32.2. The van der Waals surface area contributed by atoms with Crippen LogP contribution in [0.2, 0.25) is 0 Å². The molecule has 0 saturated heterocycles. The van der Waals surface area contributed by atoms with Crippen LogP contribution in [0.25, 0.3) is 11.4 Å². The maximum atomic E-state index is 11.9. The standard InChI is InChI=1S/C23H25N5O2S/c1-5-30-19-9-7-6-8-18(19)21-25-26-23-28(21)27-20(15(4)31-23)16-10-12-17(13-11-16)24-22(29)14(2)3/h6-15H,5H2,1-4H3,(H,24,29). The number of anilines is 1. The number of para-hydroxylation sites is 1. The smallest absolute Gasteiger partial charge is 0.226 e. The minimum absolute atomic E-state index is 0.00147. The Balaban J connectivity index is 1.68. The van der Waals surface area contributed by atoms with Crippen LogP contribution in [0.1, 0.15) is 33.3 Å². The molecular formula is C23H25N5O2S. The number of rotatable bonds is 6. The number of thioether (sulfide) groups is 1. The van der Waals surface area contributed by atoms with E-state index < -0.39 is 0 Å². The molecule has 160 valence electrons. The highest BCUT2D eigenvalue weighted by Gasteiger charge is 2.27. The van der Waals surface area contributed by atoms with Gasteiger partial charge in [-0.25, -0.2) is 0 Å². The summed E-state index contributed by atoms with van der Waals surface area (Å²) in [6.45, 7) is 8.37. The minimum Gasteiger partial charge on any atom is -0.493 e. The summed E-state index contributed by atoms with van der Waals surface area (Å²) in [5, 5.41) is 17.4. The molecule has 2 heterocycles. The van der Waals surface area contributed by atoms with Gasteiger partial charge in [0.25, 0.3) is 0 Å². The Morgan fingerprint density at radius 2 is 1.90 bits per heavy atom. The normalized spacial score (nSPS) is 15.4. The van der Waals surface area contributed by atoms with Crippen molar-refractivity contribution in [3.8, 4) is 17.1 Å². The van der Waals surface area contributed by atoms with Crippen LogP contribution in [-0.2, 0) is 4.79 Å². The second-order valence-corrected chi connectivity index (χ2v) is 8.82. The van der Waals surface area contributed by atoms with Gasteiger partial charge in [-0.1, -0.05) is 49.9 Å². The van der Waals surface area contributed by atoms with Crippen molar-refractivity contribution in [1.82, 2.24) is 14.9 Å². The summed E-state index contributed by atoms with van der Waals surface area (Å²) < 4.78 is 7.56. The van der Waals surface area contributed by atoms with E-state index in [1.807, 2.05) is 69.3 Å². The lowest BCUT2D eigenvalue weighted by atomic mass is 10.1. The van der Waals surface area contributed by atoms with Gasteiger partial charge in [-0.3, -0.25) is 4.79 Å². The Labute approximate surface area is 185 Å². The van der Waals surface area contributed by atoms with E-state index in [4.69, 9.17) is 9.84 Å². The van der Waals surface area contributed by atoms with Gasteiger partial charge in [0.15, 0.2) is 5.82 Å². The molecule has 31 heavy (non-hydrogen) atoms. The molecule has 3 aromatic rings. The lowest BCUT2D eigenvalue weighted by Gasteiger charge is -2.20. The molecule has 0 spiro atoms. The number of amides is 1. The molecule has 2 aromatic carbocycles. The molecule has 8 heteroatoms. The second kappa shape index (κ2) is 8.93. The first-order valence-corrected chi connectivity index (χ1v) is 11.2. The third kappa shape index (κ3) is 4.34. The predicted octanol–water partition coefficient (Wildman–Crippen LogP) is 4.68. The zero-order valence-electron chi connectivity index (χ0n) is 18.0. The van der Waals surface area contributed by atoms with Crippen LogP contribution >= 0.6 is 11.8 Å². The number of carbonyl (C=O) groups excluding carboxylic acids is 1. The number of nitrogens with one attached hydrogen (secondary N) is 1. The Morgan fingerprint density at radius 1 is 1.16 bits per heavy atom. The van der Waals surface area contributed by atoms with Crippen molar-refractivity contribution in [2.75, 3.05) is 11.9 Å². The van der Waals surface area contributed by atoms with E-state index in [2.05, 4.69) is 22.4 Å². The highest BCUT2D eigenvalue weighted by Crippen LogP contribution is 2.35. The minimum atomic E-state index is -0.0658. The van der Waals surface area contributed by atoms with E-state index in [-0.39, 0.29) is 17.1 Å². The number of carbonyl (C=O) groups is 1. The molecule has 1 N–H and O–H groups in total. The third-order valence-corrected chi connectivity index (χ3v) is 5.93. The molecule has 7 nitrogen and oxygen atoms in total. The fourth-order valence-corrected chi connectivity index (χ4v) is 4.16. The van der Waals surface area contributed by atoms with Crippen LogP contribution in [0, 0.1) is 5.92 Å². The van der Waals surface area contributed by atoms with Crippen molar-refractivity contribution in [2.24, 2.45) is 11.0 Å².